The van der Waals surface area contributed by atoms with Crippen LogP contribution < -0.4 is 0 Å². The molecule has 0 saturated heterocycles. The van der Waals surface area contributed by atoms with E-state index in [0.29, 0.717) is 5.78 Å². The maximum Gasteiger partial charge on any atom is 0.152 e. The standard InChI is InChI=1S/C27H26O/c1-26(17-13-23(14-18-26)21-9-5-3-6-10-21)25(28)27(2)19-15-24(16-20-27)22-11-7-4-8-12-22/h3-17,19H,18,20H2,1-2H3. The Morgan fingerprint density at radius 2 is 1.07 bits per heavy atom. The highest BCUT2D eigenvalue weighted by molar-refractivity contribution is 5.96. The van der Waals surface area contributed by atoms with E-state index in [-0.39, 0.29) is 0 Å². The summed E-state index contributed by atoms with van der Waals surface area (Å²) in [7, 11) is 0. The lowest BCUT2D eigenvalue weighted by Crippen LogP contribution is -2.39. The number of ketones is 1. The van der Waals surface area contributed by atoms with Gasteiger partial charge in [-0.05, 0) is 49.0 Å². The van der Waals surface area contributed by atoms with E-state index in [0.717, 1.165) is 12.8 Å². The van der Waals surface area contributed by atoms with E-state index >= 15 is 0 Å². The molecule has 2 unspecified atom stereocenters. The highest BCUT2D eigenvalue weighted by Crippen LogP contribution is 2.43. The highest BCUT2D eigenvalue weighted by atomic mass is 16.1. The Hall–Kier alpha value is -2.93. The average Bonchev–Trinajstić information content (AvgIpc) is 2.75. The number of carbonyl (C=O) groups excluding carboxylic acids is 1. The van der Waals surface area contributed by atoms with Gasteiger partial charge in [0.25, 0.3) is 0 Å². The lowest BCUT2D eigenvalue weighted by atomic mass is 9.65. The van der Waals surface area contributed by atoms with Gasteiger partial charge in [0.1, 0.15) is 0 Å². The highest BCUT2D eigenvalue weighted by Gasteiger charge is 2.42. The summed E-state index contributed by atoms with van der Waals surface area (Å²) in [4.78, 5) is 13.5. The van der Waals surface area contributed by atoms with Crippen molar-refractivity contribution in [3.63, 3.8) is 0 Å². The molecule has 2 aliphatic rings. The molecule has 0 aromatic heterocycles. The number of allylic oxidation sites excluding steroid dienone is 8. The molecule has 0 N–H and O–H groups in total. The van der Waals surface area contributed by atoms with Gasteiger partial charge in [-0.25, -0.2) is 0 Å². The number of rotatable bonds is 4. The molecule has 0 fully saturated rings. The van der Waals surface area contributed by atoms with Crippen LogP contribution in [0.15, 0.2) is 97.1 Å². The van der Waals surface area contributed by atoms with Crippen molar-refractivity contribution in [2.24, 2.45) is 10.8 Å². The second-order valence-electron chi connectivity index (χ2n) is 8.29. The van der Waals surface area contributed by atoms with Gasteiger partial charge >= 0.3 is 0 Å². The summed E-state index contributed by atoms with van der Waals surface area (Å²) >= 11 is 0. The van der Waals surface area contributed by atoms with Crippen LogP contribution in [-0.4, -0.2) is 5.78 Å². The molecule has 1 nitrogen and oxygen atoms in total. The molecule has 0 heterocycles. The van der Waals surface area contributed by atoms with Crippen molar-refractivity contribution in [3.05, 3.63) is 108 Å². The Kier molecular flexibility index (Phi) is 4.77. The van der Waals surface area contributed by atoms with Crippen molar-refractivity contribution in [1.82, 2.24) is 0 Å². The molecule has 0 bridgehead atoms. The summed E-state index contributed by atoms with van der Waals surface area (Å²) < 4.78 is 0. The zero-order valence-corrected chi connectivity index (χ0v) is 16.6. The molecule has 28 heavy (non-hydrogen) atoms. The third-order valence-electron chi connectivity index (χ3n) is 6.01. The van der Waals surface area contributed by atoms with Crippen molar-refractivity contribution in [3.8, 4) is 0 Å². The van der Waals surface area contributed by atoms with E-state index in [2.05, 4.69) is 74.6 Å². The fourth-order valence-corrected chi connectivity index (χ4v) is 4.14. The zero-order valence-electron chi connectivity index (χ0n) is 16.6. The van der Waals surface area contributed by atoms with Crippen LogP contribution in [0.5, 0.6) is 0 Å². The van der Waals surface area contributed by atoms with E-state index in [1.165, 1.54) is 22.3 Å². The fraction of sp³-hybridized carbons (Fsp3) is 0.222. The van der Waals surface area contributed by atoms with Crippen molar-refractivity contribution >= 4 is 16.9 Å². The third-order valence-corrected chi connectivity index (χ3v) is 6.01. The third kappa shape index (κ3) is 3.45. The van der Waals surface area contributed by atoms with Crippen molar-refractivity contribution in [2.75, 3.05) is 0 Å². The normalized spacial score (nSPS) is 26.5. The van der Waals surface area contributed by atoms with E-state index in [1.807, 2.05) is 36.4 Å². The first-order valence-electron chi connectivity index (χ1n) is 9.95. The Labute approximate surface area is 167 Å². The quantitative estimate of drug-likeness (QED) is 0.591. The number of benzene rings is 2. The monoisotopic (exact) mass is 366 g/mol. The molecular formula is C27H26O. The molecule has 2 aromatic rings. The average molecular weight is 367 g/mol. The SMILES string of the molecule is CC1(C(=O)C2(C)C=CC(c3ccccc3)=CC2)C=CC(c2ccccc2)=CC1. The maximum atomic E-state index is 13.5. The molecule has 0 amide bonds. The number of Topliss-reactive ketones (excluding diaryl/α,β-unsaturated/α-hetero) is 1. The van der Waals surface area contributed by atoms with Gasteiger partial charge in [-0.3, -0.25) is 4.79 Å². The summed E-state index contributed by atoms with van der Waals surface area (Å²) in [5, 5.41) is 0. The van der Waals surface area contributed by atoms with Gasteiger partial charge in [0.05, 0.1) is 0 Å². The second-order valence-corrected chi connectivity index (χ2v) is 8.29. The summed E-state index contributed by atoms with van der Waals surface area (Å²) in [6, 6.07) is 20.7. The number of carbonyl (C=O) groups is 1. The summed E-state index contributed by atoms with van der Waals surface area (Å²) in [5.74, 6) is 0.291. The van der Waals surface area contributed by atoms with Gasteiger partial charge in [-0.1, -0.05) is 97.1 Å². The summed E-state index contributed by atoms with van der Waals surface area (Å²) in [5.41, 5.74) is 3.87. The molecule has 2 aromatic carbocycles. The molecule has 0 radical (unpaired) electrons. The van der Waals surface area contributed by atoms with Crippen molar-refractivity contribution < 1.29 is 4.79 Å². The molecule has 140 valence electrons. The molecule has 0 aliphatic heterocycles. The molecule has 2 aliphatic carbocycles. The second kappa shape index (κ2) is 7.24. The molecule has 4 rings (SSSR count). The molecule has 0 spiro atoms. The van der Waals surface area contributed by atoms with Gasteiger partial charge in [0, 0.05) is 10.8 Å². The predicted molar refractivity (Wildman–Crippen MR) is 118 cm³/mol. The van der Waals surface area contributed by atoms with Crippen LogP contribution in [0, 0.1) is 10.8 Å². The minimum absolute atomic E-state index is 0.291. The summed E-state index contributed by atoms with van der Waals surface area (Å²) in [6.45, 7) is 4.14. The van der Waals surface area contributed by atoms with Crippen molar-refractivity contribution in [2.45, 2.75) is 26.7 Å². The van der Waals surface area contributed by atoms with Crippen molar-refractivity contribution in [1.29, 1.82) is 0 Å². The maximum absolute atomic E-state index is 13.5. The van der Waals surface area contributed by atoms with Gasteiger partial charge in [-0.2, -0.15) is 0 Å². The van der Waals surface area contributed by atoms with Crippen LogP contribution >= 0.6 is 0 Å². The number of hydrogen-bond donors (Lipinski definition) is 0. The van der Waals surface area contributed by atoms with Gasteiger partial charge in [-0.15, -0.1) is 0 Å². The minimum atomic E-state index is -0.463. The Bertz CT molecular complexity index is 910. The van der Waals surface area contributed by atoms with E-state index in [9.17, 15) is 4.79 Å². The molecule has 0 saturated carbocycles. The first kappa shape index (κ1) is 18.4. The topological polar surface area (TPSA) is 17.1 Å². The van der Waals surface area contributed by atoms with Gasteiger partial charge in [0.15, 0.2) is 5.78 Å². The van der Waals surface area contributed by atoms with E-state index in [1.54, 1.807) is 0 Å². The van der Waals surface area contributed by atoms with Crippen LogP contribution in [0.25, 0.3) is 11.1 Å². The Morgan fingerprint density at radius 1 is 0.679 bits per heavy atom. The summed E-state index contributed by atoms with van der Waals surface area (Å²) in [6.07, 6.45) is 14.3. The largest absolute Gasteiger partial charge is 0.298 e. The Balaban J connectivity index is 1.51. The first-order chi connectivity index (χ1) is 13.5. The van der Waals surface area contributed by atoms with E-state index in [4.69, 9.17) is 0 Å². The van der Waals surface area contributed by atoms with E-state index < -0.39 is 10.8 Å². The van der Waals surface area contributed by atoms with Crippen LogP contribution in [0.1, 0.15) is 37.8 Å². The Morgan fingerprint density at radius 3 is 1.39 bits per heavy atom. The molecule has 1 heteroatoms. The minimum Gasteiger partial charge on any atom is -0.298 e. The van der Waals surface area contributed by atoms with Crippen LogP contribution in [0.3, 0.4) is 0 Å². The lowest BCUT2D eigenvalue weighted by Gasteiger charge is -2.36. The van der Waals surface area contributed by atoms with Gasteiger partial charge < -0.3 is 0 Å². The predicted octanol–water partition coefficient (Wildman–Crippen LogP) is 6.66. The molecular weight excluding hydrogens is 340 g/mol. The zero-order chi connectivity index (χ0) is 19.6. The lowest BCUT2D eigenvalue weighted by molar-refractivity contribution is -0.132. The first-order valence-corrected chi connectivity index (χ1v) is 9.95. The van der Waals surface area contributed by atoms with Crippen LogP contribution in [0.2, 0.25) is 0 Å². The number of hydrogen-bond acceptors (Lipinski definition) is 1. The van der Waals surface area contributed by atoms with Gasteiger partial charge in [0.2, 0.25) is 0 Å². The van der Waals surface area contributed by atoms with Crippen LogP contribution in [0.4, 0.5) is 0 Å². The van der Waals surface area contributed by atoms with Crippen LogP contribution in [-0.2, 0) is 4.79 Å². The smallest absolute Gasteiger partial charge is 0.152 e. The fourth-order valence-electron chi connectivity index (χ4n) is 4.14. The molecule has 2 atom stereocenters.